The van der Waals surface area contributed by atoms with Gasteiger partial charge in [-0.1, -0.05) is 12.1 Å². The van der Waals surface area contributed by atoms with Crippen molar-refractivity contribution in [3.05, 3.63) is 72.8 Å². The number of rotatable bonds is 8. The van der Waals surface area contributed by atoms with E-state index in [1.54, 1.807) is 71.6 Å². The van der Waals surface area contributed by atoms with Gasteiger partial charge in [-0.25, -0.2) is 4.79 Å². The lowest BCUT2D eigenvalue weighted by molar-refractivity contribution is -0.119. The summed E-state index contributed by atoms with van der Waals surface area (Å²) < 4.78 is 7.33. The summed E-state index contributed by atoms with van der Waals surface area (Å²) >= 11 is 0. The summed E-state index contributed by atoms with van der Waals surface area (Å²) in [4.78, 5) is 31.6. The molecule has 9 nitrogen and oxygen atoms in total. The van der Waals surface area contributed by atoms with Gasteiger partial charge < -0.3 is 20.3 Å². The molecule has 1 saturated heterocycles. The number of benzene rings is 1. The molecule has 1 aliphatic heterocycles. The zero-order valence-electron chi connectivity index (χ0n) is 18.6. The maximum absolute atomic E-state index is 13.1. The predicted octanol–water partition coefficient (Wildman–Crippen LogP) is 3.69. The molecule has 1 fully saturated rings. The lowest BCUT2D eigenvalue weighted by atomic mass is 10.2. The van der Waals surface area contributed by atoms with Gasteiger partial charge in [0.15, 0.2) is 0 Å². The first-order valence-electron chi connectivity index (χ1n) is 11.0. The molecule has 0 unspecified atom stereocenters. The van der Waals surface area contributed by atoms with Gasteiger partial charge in [0.1, 0.15) is 6.04 Å². The molecule has 1 aliphatic rings. The maximum atomic E-state index is 13.1. The molecule has 3 amide bonds. The Hall–Kier alpha value is -3.72. The SMILES string of the molecule is C[C@@H](C(=O)Nc1cccc(NC(=O)N(Cc2cccnc2)C[C@@H]2CCCO2)c1)n1cccn1. The molecule has 0 saturated carbocycles. The predicted molar refractivity (Wildman–Crippen MR) is 125 cm³/mol. The number of anilines is 2. The summed E-state index contributed by atoms with van der Waals surface area (Å²) in [6, 6.07) is 12.0. The second-order valence-electron chi connectivity index (χ2n) is 8.04. The molecule has 3 heterocycles. The number of nitrogens with one attached hydrogen (secondary N) is 2. The fraction of sp³-hybridized carbons (Fsp3) is 0.333. The Bertz CT molecular complexity index is 1050. The maximum Gasteiger partial charge on any atom is 0.322 e. The van der Waals surface area contributed by atoms with Gasteiger partial charge in [-0.3, -0.25) is 14.5 Å². The lowest BCUT2D eigenvalue weighted by Crippen LogP contribution is -2.39. The summed E-state index contributed by atoms with van der Waals surface area (Å²) in [6.45, 7) is 3.43. The molecule has 9 heteroatoms. The van der Waals surface area contributed by atoms with E-state index in [2.05, 4.69) is 20.7 Å². The zero-order chi connectivity index (χ0) is 23.0. The quantitative estimate of drug-likeness (QED) is 0.547. The standard InChI is InChI=1S/C24H28N6O3/c1-18(30-12-5-11-26-30)23(31)27-20-7-2-8-21(14-20)28-24(32)29(17-22-9-4-13-33-22)16-19-6-3-10-25-15-19/h2-3,5-8,10-12,14-15,18,22H,4,9,13,16-17H2,1H3,(H,27,31)(H,28,32)/t18-,22-/m0/s1. The van der Waals surface area contributed by atoms with Crippen molar-refractivity contribution >= 4 is 23.3 Å². The molecule has 172 valence electrons. The minimum atomic E-state index is -0.459. The molecule has 0 aliphatic carbocycles. The normalized spacial score (nSPS) is 16.2. The van der Waals surface area contributed by atoms with Gasteiger partial charge in [0.05, 0.1) is 6.10 Å². The second kappa shape index (κ2) is 10.7. The Kier molecular flexibility index (Phi) is 7.31. The molecule has 2 atom stereocenters. The van der Waals surface area contributed by atoms with Crippen LogP contribution in [0.2, 0.25) is 0 Å². The van der Waals surface area contributed by atoms with E-state index in [1.165, 1.54) is 0 Å². The van der Waals surface area contributed by atoms with Crippen LogP contribution in [0.1, 0.15) is 31.4 Å². The number of pyridine rings is 1. The average Bonchev–Trinajstić information content (AvgIpc) is 3.54. The summed E-state index contributed by atoms with van der Waals surface area (Å²) in [7, 11) is 0. The molecule has 0 bridgehead atoms. The molecular weight excluding hydrogens is 420 g/mol. The Balaban J connectivity index is 1.42. The summed E-state index contributed by atoms with van der Waals surface area (Å²) in [5.74, 6) is -0.196. The van der Waals surface area contributed by atoms with Gasteiger partial charge in [0, 0.05) is 55.9 Å². The Labute approximate surface area is 192 Å². The van der Waals surface area contributed by atoms with Gasteiger partial charge in [-0.05, 0) is 55.7 Å². The van der Waals surface area contributed by atoms with Crippen LogP contribution in [-0.4, -0.2) is 50.9 Å². The fourth-order valence-electron chi connectivity index (χ4n) is 3.72. The molecule has 1 aromatic carbocycles. The number of ether oxygens (including phenoxy) is 1. The topological polar surface area (TPSA) is 101 Å². The van der Waals surface area contributed by atoms with Crippen molar-refractivity contribution in [2.45, 2.75) is 38.5 Å². The number of carbonyl (C=O) groups is 2. The number of nitrogens with zero attached hydrogens (tertiary/aromatic N) is 4. The lowest BCUT2D eigenvalue weighted by Gasteiger charge is -2.26. The highest BCUT2D eigenvalue weighted by molar-refractivity contribution is 5.95. The highest BCUT2D eigenvalue weighted by atomic mass is 16.5. The number of carbonyl (C=O) groups excluding carboxylic acids is 2. The second-order valence-corrected chi connectivity index (χ2v) is 8.04. The van der Waals surface area contributed by atoms with Crippen molar-refractivity contribution in [2.75, 3.05) is 23.8 Å². The van der Waals surface area contributed by atoms with Crippen LogP contribution in [0.25, 0.3) is 0 Å². The highest BCUT2D eigenvalue weighted by Crippen LogP contribution is 2.19. The fourth-order valence-corrected chi connectivity index (χ4v) is 3.72. The van der Waals surface area contributed by atoms with E-state index in [-0.39, 0.29) is 18.0 Å². The van der Waals surface area contributed by atoms with Crippen LogP contribution in [0.3, 0.4) is 0 Å². The van der Waals surface area contributed by atoms with Crippen LogP contribution in [-0.2, 0) is 16.1 Å². The van der Waals surface area contributed by atoms with Crippen LogP contribution in [0.4, 0.5) is 16.2 Å². The van der Waals surface area contributed by atoms with E-state index in [1.807, 2.05) is 12.1 Å². The Morgan fingerprint density at radius 1 is 1.18 bits per heavy atom. The Morgan fingerprint density at radius 2 is 2.03 bits per heavy atom. The van der Waals surface area contributed by atoms with Crippen molar-refractivity contribution in [2.24, 2.45) is 0 Å². The van der Waals surface area contributed by atoms with E-state index in [9.17, 15) is 9.59 Å². The first-order chi connectivity index (χ1) is 16.1. The number of urea groups is 1. The van der Waals surface area contributed by atoms with Gasteiger partial charge in [0.25, 0.3) is 0 Å². The van der Waals surface area contributed by atoms with Crippen LogP contribution < -0.4 is 10.6 Å². The van der Waals surface area contributed by atoms with Crippen molar-refractivity contribution in [1.29, 1.82) is 0 Å². The smallest absolute Gasteiger partial charge is 0.322 e. The third kappa shape index (κ3) is 6.17. The first-order valence-corrected chi connectivity index (χ1v) is 11.0. The van der Waals surface area contributed by atoms with Gasteiger partial charge in [-0.2, -0.15) is 5.10 Å². The van der Waals surface area contributed by atoms with Gasteiger partial charge in [0.2, 0.25) is 5.91 Å². The van der Waals surface area contributed by atoms with E-state index in [0.717, 1.165) is 25.0 Å². The number of aromatic nitrogens is 3. The molecule has 0 spiro atoms. The average molecular weight is 449 g/mol. The van der Waals surface area contributed by atoms with Crippen LogP contribution in [0, 0.1) is 0 Å². The van der Waals surface area contributed by atoms with Crippen molar-refractivity contribution < 1.29 is 14.3 Å². The summed E-state index contributed by atoms with van der Waals surface area (Å²) in [5, 5.41) is 9.94. The van der Waals surface area contributed by atoms with Crippen molar-refractivity contribution in [3.63, 3.8) is 0 Å². The zero-order valence-corrected chi connectivity index (χ0v) is 18.6. The number of hydrogen-bond acceptors (Lipinski definition) is 5. The Morgan fingerprint density at radius 3 is 2.73 bits per heavy atom. The van der Waals surface area contributed by atoms with Crippen LogP contribution in [0.5, 0.6) is 0 Å². The van der Waals surface area contributed by atoms with E-state index in [4.69, 9.17) is 4.74 Å². The monoisotopic (exact) mass is 448 g/mol. The minimum absolute atomic E-state index is 0.0295. The molecule has 33 heavy (non-hydrogen) atoms. The largest absolute Gasteiger partial charge is 0.376 e. The van der Waals surface area contributed by atoms with E-state index < -0.39 is 6.04 Å². The highest BCUT2D eigenvalue weighted by Gasteiger charge is 2.23. The van der Waals surface area contributed by atoms with Crippen molar-refractivity contribution in [3.8, 4) is 0 Å². The molecule has 0 radical (unpaired) electrons. The number of amides is 3. The molecule has 3 aromatic rings. The number of hydrogen-bond donors (Lipinski definition) is 2. The summed E-state index contributed by atoms with van der Waals surface area (Å²) in [5.41, 5.74) is 2.13. The van der Waals surface area contributed by atoms with E-state index in [0.29, 0.717) is 24.5 Å². The van der Waals surface area contributed by atoms with Crippen LogP contribution >= 0.6 is 0 Å². The summed E-state index contributed by atoms with van der Waals surface area (Å²) in [6.07, 6.45) is 8.81. The van der Waals surface area contributed by atoms with Crippen LogP contribution in [0.15, 0.2) is 67.3 Å². The first kappa shape index (κ1) is 22.5. The van der Waals surface area contributed by atoms with Gasteiger partial charge >= 0.3 is 6.03 Å². The molecule has 4 rings (SSSR count). The third-order valence-corrected chi connectivity index (χ3v) is 5.51. The molecule has 2 aromatic heterocycles. The molecular formula is C24H28N6O3. The minimum Gasteiger partial charge on any atom is -0.376 e. The van der Waals surface area contributed by atoms with E-state index >= 15 is 0 Å². The van der Waals surface area contributed by atoms with Gasteiger partial charge in [-0.15, -0.1) is 0 Å². The van der Waals surface area contributed by atoms with Crippen molar-refractivity contribution in [1.82, 2.24) is 19.7 Å². The third-order valence-electron chi connectivity index (χ3n) is 5.51. The molecule has 2 N–H and O–H groups in total.